The van der Waals surface area contributed by atoms with Gasteiger partial charge in [-0.05, 0) is 24.0 Å². The Morgan fingerprint density at radius 1 is 1.33 bits per heavy atom. The second-order valence-electron chi connectivity index (χ2n) is 2.94. The Morgan fingerprint density at radius 2 is 2.13 bits per heavy atom. The summed E-state index contributed by atoms with van der Waals surface area (Å²) in [6.07, 6.45) is 3.61. The van der Waals surface area contributed by atoms with Crippen molar-refractivity contribution in [2.24, 2.45) is 0 Å². The van der Waals surface area contributed by atoms with E-state index in [9.17, 15) is 0 Å². The lowest BCUT2D eigenvalue weighted by molar-refractivity contribution is 0.293. The van der Waals surface area contributed by atoms with Crippen molar-refractivity contribution in [3.63, 3.8) is 0 Å². The molecule has 0 aliphatic rings. The highest BCUT2D eigenvalue weighted by Gasteiger charge is 1.98. The second-order valence-corrected chi connectivity index (χ2v) is 3.82. The largest absolute Gasteiger partial charge is 0.471 e. The Kier molecular flexibility index (Phi) is 3.24. The summed E-state index contributed by atoms with van der Waals surface area (Å²) >= 11 is 1.73. The van der Waals surface area contributed by atoms with Crippen LogP contribution in [-0.4, -0.2) is 21.7 Å². The zero-order valence-corrected chi connectivity index (χ0v) is 9.12. The van der Waals surface area contributed by atoms with Gasteiger partial charge in [0.1, 0.15) is 12.8 Å². The van der Waals surface area contributed by atoms with Gasteiger partial charge in [0.05, 0.1) is 0 Å². The van der Waals surface area contributed by atoms with Crippen LogP contribution in [0.1, 0.15) is 5.56 Å². The van der Waals surface area contributed by atoms with E-state index in [1.54, 1.807) is 18.0 Å². The van der Waals surface area contributed by atoms with Gasteiger partial charge in [-0.3, -0.25) is 0 Å². The Balaban J connectivity index is 1.93. The van der Waals surface area contributed by atoms with Gasteiger partial charge in [-0.15, -0.1) is 16.9 Å². The average molecular weight is 221 g/mol. The number of rotatable bonds is 4. The first kappa shape index (κ1) is 10.0. The fraction of sp³-hybridized carbons (Fsp3) is 0.200. The van der Waals surface area contributed by atoms with E-state index in [4.69, 9.17) is 4.74 Å². The first-order valence-electron chi connectivity index (χ1n) is 4.50. The van der Waals surface area contributed by atoms with Crippen molar-refractivity contribution in [1.29, 1.82) is 0 Å². The molecule has 1 heterocycles. The van der Waals surface area contributed by atoms with Gasteiger partial charge in [0.15, 0.2) is 0 Å². The number of H-pyrrole nitrogens is 1. The van der Waals surface area contributed by atoms with Crippen molar-refractivity contribution in [2.45, 2.75) is 11.5 Å². The number of benzene rings is 1. The molecule has 0 aliphatic heterocycles. The number of ether oxygens (including phenoxy) is 1. The predicted molar refractivity (Wildman–Crippen MR) is 58.9 cm³/mol. The smallest absolute Gasteiger partial charge is 0.253 e. The van der Waals surface area contributed by atoms with E-state index >= 15 is 0 Å². The monoisotopic (exact) mass is 221 g/mol. The number of aromatic amines is 1. The minimum atomic E-state index is 0.515. The van der Waals surface area contributed by atoms with Crippen LogP contribution >= 0.6 is 11.8 Å². The van der Waals surface area contributed by atoms with Crippen molar-refractivity contribution in [3.05, 3.63) is 36.0 Å². The van der Waals surface area contributed by atoms with Crippen molar-refractivity contribution in [2.75, 3.05) is 6.26 Å². The molecule has 0 saturated heterocycles. The molecule has 0 amide bonds. The van der Waals surface area contributed by atoms with Crippen LogP contribution in [0.25, 0.3) is 0 Å². The Bertz CT molecular complexity index is 399. The number of aromatic nitrogens is 3. The Hall–Kier alpha value is -1.49. The highest BCUT2D eigenvalue weighted by molar-refractivity contribution is 7.98. The van der Waals surface area contributed by atoms with E-state index in [1.165, 1.54) is 4.90 Å². The predicted octanol–water partition coefficient (Wildman–Crippen LogP) is 2.11. The van der Waals surface area contributed by atoms with E-state index in [1.807, 2.05) is 12.1 Å². The van der Waals surface area contributed by atoms with E-state index < -0.39 is 0 Å². The molecular formula is C10H11N3OS. The van der Waals surface area contributed by atoms with Crippen LogP contribution in [0.3, 0.4) is 0 Å². The third-order valence-electron chi connectivity index (χ3n) is 1.94. The summed E-state index contributed by atoms with van der Waals surface area (Å²) in [6, 6.07) is 8.25. The van der Waals surface area contributed by atoms with E-state index in [2.05, 4.69) is 33.8 Å². The molecule has 2 rings (SSSR count). The van der Waals surface area contributed by atoms with Crippen LogP contribution in [0.5, 0.6) is 5.88 Å². The van der Waals surface area contributed by atoms with Gasteiger partial charge < -0.3 is 4.74 Å². The molecule has 15 heavy (non-hydrogen) atoms. The number of nitrogens with one attached hydrogen (secondary N) is 1. The number of nitrogens with zero attached hydrogens (tertiary/aromatic N) is 2. The van der Waals surface area contributed by atoms with Gasteiger partial charge in [0.25, 0.3) is 5.88 Å². The molecule has 0 saturated carbocycles. The van der Waals surface area contributed by atoms with Crippen molar-refractivity contribution >= 4 is 11.8 Å². The maximum atomic E-state index is 5.39. The fourth-order valence-electron chi connectivity index (χ4n) is 1.14. The maximum absolute atomic E-state index is 5.39. The maximum Gasteiger partial charge on any atom is 0.253 e. The molecule has 1 aromatic carbocycles. The summed E-state index contributed by atoms with van der Waals surface area (Å²) < 4.78 is 5.39. The van der Waals surface area contributed by atoms with Gasteiger partial charge >= 0.3 is 0 Å². The van der Waals surface area contributed by atoms with Crippen LogP contribution < -0.4 is 4.74 Å². The summed E-state index contributed by atoms with van der Waals surface area (Å²) in [5.41, 5.74) is 1.12. The Morgan fingerprint density at radius 3 is 2.73 bits per heavy atom. The standard InChI is InChI=1S/C10H11N3OS/c1-15-9-4-2-8(3-5-9)7-14-10-6-11-13-12-10/h2-6H,7H2,1H3,(H,11,12,13). The van der Waals surface area contributed by atoms with Gasteiger partial charge in [-0.25, -0.2) is 0 Å². The quantitative estimate of drug-likeness (QED) is 0.803. The minimum absolute atomic E-state index is 0.515. The highest BCUT2D eigenvalue weighted by atomic mass is 32.2. The van der Waals surface area contributed by atoms with Gasteiger partial charge in [0, 0.05) is 4.90 Å². The molecule has 4 nitrogen and oxygen atoms in total. The summed E-state index contributed by atoms with van der Waals surface area (Å²) in [6.45, 7) is 0.515. The lowest BCUT2D eigenvalue weighted by atomic mass is 10.2. The summed E-state index contributed by atoms with van der Waals surface area (Å²) in [7, 11) is 0. The molecule has 1 N–H and O–H groups in total. The molecule has 1 aromatic heterocycles. The number of hydrogen-bond donors (Lipinski definition) is 1. The zero-order valence-electron chi connectivity index (χ0n) is 8.30. The normalized spacial score (nSPS) is 10.2. The molecule has 0 aliphatic carbocycles. The van der Waals surface area contributed by atoms with Gasteiger partial charge in [-0.2, -0.15) is 10.3 Å². The van der Waals surface area contributed by atoms with Crippen molar-refractivity contribution in [3.8, 4) is 5.88 Å². The van der Waals surface area contributed by atoms with Crippen LogP contribution in [-0.2, 0) is 6.61 Å². The fourth-order valence-corrected chi connectivity index (χ4v) is 1.55. The van der Waals surface area contributed by atoms with Crippen LogP contribution in [0.2, 0.25) is 0 Å². The summed E-state index contributed by atoms with van der Waals surface area (Å²) in [4.78, 5) is 1.25. The van der Waals surface area contributed by atoms with Crippen molar-refractivity contribution in [1.82, 2.24) is 15.4 Å². The second kappa shape index (κ2) is 4.84. The lowest BCUT2D eigenvalue weighted by Gasteiger charge is -2.02. The SMILES string of the molecule is CSc1ccc(COc2cn[nH]n2)cc1. The van der Waals surface area contributed by atoms with Crippen LogP contribution in [0.4, 0.5) is 0 Å². The molecule has 2 aromatic rings. The molecule has 0 fully saturated rings. The highest BCUT2D eigenvalue weighted by Crippen LogP contribution is 2.15. The Labute approximate surface area is 92.0 Å². The lowest BCUT2D eigenvalue weighted by Crippen LogP contribution is -1.95. The molecular weight excluding hydrogens is 210 g/mol. The van der Waals surface area contributed by atoms with Crippen LogP contribution in [0, 0.1) is 0 Å². The molecule has 0 bridgehead atoms. The zero-order chi connectivity index (χ0) is 10.5. The molecule has 0 atom stereocenters. The molecule has 5 heteroatoms. The average Bonchev–Trinajstić information content (AvgIpc) is 2.80. The molecule has 78 valence electrons. The molecule has 0 spiro atoms. The summed E-state index contributed by atoms with van der Waals surface area (Å²) in [5, 5.41) is 9.96. The number of thioether (sulfide) groups is 1. The van der Waals surface area contributed by atoms with E-state index in [0.29, 0.717) is 12.5 Å². The summed E-state index contributed by atoms with van der Waals surface area (Å²) in [5.74, 6) is 0.518. The van der Waals surface area contributed by atoms with Gasteiger partial charge in [0.2, 0.25) is 0 Å². The van der Waals surface area contributed by atoms with E-state index in [0.717, 1.165) is 5.56 Å². The number of hydrogen-bond acceptors (Lipinski definition) is 4. The third kappa shape index (κ3) is 2.73. The van der Waals surface area contributed by atoms with Crippen LogP contribution in [0.15, 0.2) is 35.4 Å². The van der Waals surface area contributed by atoms with Gasteiger partial charge in [-0.1, -0.05) is 12.1 Å². The molecule has 0 unspecified atom stereocenters. The molecule has 0 radical (unpaired) electrons. The topological polar surface area (TPSA) is 50.8 Å². The van der Waals surface area contributed by atoms with Crippen molar-refractivity contribution < 1.29 is 4.74 Å². The first-order valence-corrected chi connectivity index (χ1v) is 5.72. The minimum Gasteiger partial charge on any atom is -0.471 e. The van der Waals surface area contributed by atoms with E-state index in [-0.39, 0.29) is 0 Å². The third-order valence-corrected chi connectivity index (χ3v) is 2.68. The first-order chi connectivity index (χ1) is 7.38.